The number of thiocarbonyl (C=S) groups is 1. The van der Waals surface area contributed by atoms with Gasteiger partial charge in [0.05, 0.1) is 4.20 Å². The van der Waals surface area contributed by atoms with E-state index in [9.17, 15) is 0 Å². The van der Waals surface area contributed by atoms with Crippen LogP contribution in [-0.2, 0) is 0 Å². The summed E-state index contributed by atoms with van der Waals surface area (Å²) in [4.78, 5) is 0. The van der Waals surface area contributed by atoms with Gasteiger partial charge >= 0.3 is 0 Å². The van der Waals surface area contributed by atoms with Gasteiger partial charge in [-0.3, -0.25) is 0 Å². The average Bonchev–Trinajstić information content (AvgIpc) is 3.12. The molecule has 2 heteroatoms. The zero-order valence-electron chi connectivity index (χ0n) is 24.6. The lowest BCUT2D eigenvalue weighted by Crippen LogP contribution is -1.89. The number of rotatable bonds is 7. The second-order valence-corrected chi connectivity index (χ2v) is 12.3. The molecule has 7 aromatic rings. The molecule has 0 aromatic heterocycles. The van der Waals surface area contributed by atoms with Gasteiger partial charge in [-0.05, 0) is 115 Å². The van der Waals surface area contributed by atoms with Gasteiger partial charge in [-0.15, -0.1) is 12.6 Å². The molecule has 0 aliphatic heterocycles. The average molecular weight is 611 g/mol. The van der Waals surface area contributed by atoms with Crippen molar-refractivity contribution in [1.82, 2.24) is 0 Å². The normalized spacial score (nSPS) is 10.9. The van der Waals surface area contributed by atoms with Crippen LogP contribution in [0.1, 0.15) is 5.56 Å². The number of benzene rings is 7. The van der Waals surface area contributed by atoms with Crippen molar-refractivity contribution in [3.05, 3.63) is 181 Å². The molecule has 0 saturated heterocycles. The lowest BCUT2D eigenvalue weighted by atomic mass is 9.90. The minimum Gasteiger partial charge on any atom is -0.131 e. The highest BCUT2D eigenvalue weighted by atomic mass is 32.1. The summed E-state index contributed by atoms with van der Waals surface area (Å²) in [6, 6.07) is 62.8. The van der Waals surface area contributed by atoms with E-state index in [1.54, 1.807) is 0 Å². The maximum Gasteiger partial charge on any atom is 0.0748 e. The fraction of sp³-hybridized carbons (Fsp3) is 0. The Kier molecular flexibility index (Phi) is 8.25. The smallest absolute Gasteiger partial charge is 0.0748 e. The van der Waals surface area contributed by atoms with Gasteiger partial charge in [0.25, 0.3) is 0 Å². The Bertz CT molecular complexity index is 2030. The summed E-state index contributed by atoms with van der Waals surface area (Å²) >= 11 is 9.75. The van der Waals surface area contributed by atoms with E-state index in [0.717, 1.165) is 22.3 Å². The maximum atomic E-state index is 5.34. The van der Waals surface area contributed by atoms with E-state index in [2.05, 4.69) is 176 Å². The summed E-state index contributed by atoms with van der Waals surface area (Å²) in [5.41, 5.74) is 15.1. The highest BCUT2D eigenvalue weighted by Gasteiger charge is 2.11. The predicted octanol–water partition coefficient (Wildman–Crippen LogP) is 12.3. The Balaban J connectivity index is 1.37. The fourth-order valence-corrected chi connectivity index (χ4v) is 6.12. The van der Waals surface area contributed by atoms with Crippen LogP contribution < -0.4 is 0 Å². The van der Waals surface area contributed by atoms with Gasteiger partial charge in [-0.2, -0.15) is 0 Å². The van der Waals surface area contributed by atoms with E-state index >= 15 is 0 Å². The third-order valence-corrected chi connectivity index (χ3v) is 8.67. The first kappa shape index (κ1) is 28.7. The SMILES string of the molecule is S=C(S)c1cccc(-c2cccc(-c3cc(-c4cccc(-c5ccccc5)c4)cc(-c4cccc(-c5ccccc5)c4)c3)c2)c1. The summed E-state index contributed by atoms with van der Waals surface area (Å²) in [6.45, 7) is 0. The van der Waals surface area contributed by atoms with Crippen LogP contribution >= 0.6 is 24.8 Å². The van der Waals surface area contributed by atoms with Gasteiger partial charge in [0.2, 0.25) is 0 Å². The highest BCUT2D eigenvalue weighted by molar-refractivity contribution is 8.11. The van der Waals surface area contributed by atoms with Gasteiger partial charge in [-0.25, -0.2) is 0 Å². The van der Waals surface area contributed by atoms with Crippen LogP contribution in [0, 0.1) is 0 Å². The topological polar surface area (TPSA) is 0 Å². The maximum absolute atomic E-state index is 5.34. The first-order valence-corrected chi connectivity index (χ1v) is 15.9. The van der Waals surface area contributed by atoms with Crippen molar-refractivity contribution >= 4 is 29.0 Å². The quantitative estimate of drug-likeness (QED) is 0.138. The number of hydrogen-bond acceptors (Lipinski definition) is 1. The van der Waals surface area contributed by atoms with E-state index in [4.69, 9.17) is 12.2 Å². The molecule has 7 rings (SSSR count). The van der Waals surface area contributed by atoms with Crippen molar-refractivity contribution < 1.29 is 0 Å². The minimum absolute atomic E-state index is 0.598. The molecule has 0 atom stereocenters. The number of thiol groups is 1. The van der Waals surface area contributed by atoms with Gasteiger partial charge < -0.3 is 0 Å². The Morgan fingerprint density at radius 2 is 0.556 bits per heavy atom. The van der Waals surface area contributed by atoms with E-state index < -0.39 is 0 Å². The molecule has 0 amide bonds. The summed E-state index contributed by atoms with van der Waals surface area (Å²) < 4.78 is 0.598. The van der Waals surface area contributed by atoms with Crippen LogP contribution in [0.3, 0.4) is 0 Å². The second-order valence-electron chi connectivity index (χ2n) is 11.2. The summed E-state index contributed by atoms with van der Waals surface area (Å²) in [5, 5.41) is 0. The molecule has 45 heavy (non-hydrogen) atoms. The minimum atomic E-state index is 0.598. The zero-order chi connectivity index (χ0) is 30.6. The molecule has 7 aromatic carbocycles. The Morgan fingerprint density at radius 1 is 0.289 bits per heavy atom. The lowest BCUT2D eigenvalue weighted by Gasteiger charge is -2.14. The van der Waals surface area contributed by atoms with Gasteiger partial charge in [0.1, 0.15) is 0 Å². The van der Waals surface area contributed by atoms with E-state index in [1.165, 1.54) is 50.1 Å². The molecule has 0 unspecified atom stereocenters. The molecular formula is C43H30S2. The zero-order valence-corrected chi connectivity index (χ0v) is 26.3. The van der Waals surface area contributed by atoms with E-state index in [-0.39, 0.29) is 0 Å². The van der Waals surface area contributed by atoms with E-state index in [1.807, 2.05) is 12.1 Å². The molecule has 0 spiro atoms. The van der Waals surface area contributed by atoms with Crippen LogP contribution in [0.25, 0.3) is 66.8 Å². The molecule has 0 N–H and O–H groups in total. The summed E-state index contributed by atoms with van der Waals surface area (Å²) in [5.74, 6) is 0. The molecule has 0 bridgehead atoms. The molecule has 0 fully saturated rings. The molecule has 0 nitrogen and oxygen atoms in total. The third kappa shape index (κ3) is 6.44. The predicted molar refractivity (Wildman–Crippen MR) is 200 cm³/mol. The standard InChI is InChI=1S/C43H30S2/c44-43(45)39-22-10-18-35(26-39)34-17-9-21-38(25-34)42-28-40(36-19-7-15-32(23-36)30-11-3-1-4-12-30)27-41(29-42)37-20-8-16-33(24-37)31-13-5-2-6-14-31/h1-29H,(H,44,45). The van der Waals surface area contributed by atoms with Gasteiger partial charge in [0, 0.05) is 0 Å². The summed E-state index contributed by atoms with van der Waals surface area (Å²) in [6.07, 6.45) is 0. The Labute approximate surface area is 276 Å². The highest BCUT2D eigenvalue weighted by Crippen LogP contribution is 2.37. The molecule has 0 radical (unpaired) electrons. The molecule has 214 valence electrons. The fourth-order valence-electron chi connectivity index (χ4n) is 5.86. The third-order valence-electron chi connectivity index (χ3n) is 8.18. The van der Waals surface area contributed by atoms with Crippen molar-refractivity contribution in [2.45, 2.75) is 0 Å². The van der Waals surface area contributed by atoms with E-state index in [0.29, 0.717) is 4.20 Å². The molecular weight excluding hydrogens is 581 g/mol. The van der Waals surface area contributed by atoms with Crippen LogP contribution in [-0.4, -0.2) is 4.20 Å². The van der Waals surface area contributed by atoms with Crippen molar-refractivity contribution in [3.8, 4) is 66.8 Å². The van der Waals surface area contributed by atoms with Crippen LogP contribution in [0.15, 0.2) is 176 Å². The first-order chi connectivity index (χ1) is 22.1. The first-order valence-electron chi connectivity index (χ1n) is 15.0. The van der Waals surface area contributed by atoms with Crippen molar-refractivity contribution in [2.24, 2.45) is 0 Å². The van der Waals surface area contributed by atoms with Crippen LogP contribution in [0.2, 0.25) is 0 Å². The van der Waals surface area contributed by atoms with Gasteiger partial charge in [-0.1, -0.05) is 146 Å². The van der Waals surface area contributed by atoms with Crippen molar-refractivity contribution in [1.29, 1.82) is 0 Å². The number of hydrogen-bond donors (Lipinski definition) is 1. The van der Waals surface area contributed by atoms with Gasteiger partial charge in [0.15, 0.2) is 0 Å². The Morgan fingerprint density at radius 3 is 0.933 bits per heavy atom. The molecule has 0 saturated carbocycles. The second kappa shape index (κ2) is 12.9. The molecule has 0 heterocycles. The van der Waals surface area contributed by atoms with Crippen LogP contribution in [0.4, 0.5) is 0 Å². The summed E-state index contributed by atoms with van der Waals surface area (Å²) in [7, 11) is 0. The van der Waals surface area contributed by atoms with Crippen molar-refractivity contribution in [2.75, 3.05) is 0 Å². The Hall–Kier alpha value is -5.02. The monoisotopic (exact) mass is 610 g/mol. The van der Waals surface area contributed by atoms with Crippen LogP contribution in [0.5, 0.6) is 0 Å². The molecule has 0 aliphatic rings. The lowest BCUT2D eigenvalue weighted by molar-refractivity contribution is 1.54. The van der Waals surface area contributed by atoms with Crippen molar-refractivity contribution in [3.63, 3.8) is 0 Å². The molecule has 0 aliphatic carbocycles. The largest absolute Gasteiger partial charge is 0.131 e.